The summed E-state index contributed by atoms with van der Waals surface area (Å²) < 4.78 is 36.3. The number of anilines is 6. The molecular formula is C96H86Br2N28O20S. The molecule has 48 nitrogen and oxygen atoms in total. The number of halogens is 2. The summed E-state index contributed by atoms with van der Waals surface area (Å²) in [5.41, 5.74) is 9.96. The number of rotatable bonds is 29. The lowest BCUT2D eigenvalue weighted by Gasteiger charge is -2.13. The minimum atomic E-state index is -3.99. The lowest BCUT2D eigenvalue weighted by molar-refractivity contribution is 0.0687. The Kier molecular flexibility index (Phi) is 36.1. The van der Waals surface area contributed by atoms with Crippen LogP contribution in [0.2, 0.25) is 0 Å². The van der Waals surface area contributed by atoms with Gasteiger partial charge in [0.25, 0.3) is 35.4 Å². The van der Waals surface area contributed by atoms with Crippen LogP contribution in [-0.4, -0.2) is 230 Å². The number of amides is 8. The van der Waals surface area contributed by atoms with E-state index in [2.05, 4.69) is 129 Å². The highest BCUT2D eigenvalue weighted by molar-refractivity contribution is 9.10. The van der Waals surface area contributed by atoms with Gasteiger partial charge in [-0.1, -0.05) is 86.0 Å². The van der Waals surface area contributed by atoms with Gasteiger partial charge in [-0.25, -0.2) is 71.5 Å². The van der Waals surface area contributed by atoms with Crippen LogP contribution in [0.4, 0.5) is 45.3 Å². The second-order valence-corrected chi connectivity index (χ2v) is 34.5. The largest absolute Gasteiger partial charge is 0.477 e. The number of ether oxygens (including phenoxy) is 1. The number of hydrogen-bond acceptors (Lipinski definition) is 28. The van der Waals surface area contributed by atoms with Crippen LogP contribution >= 0.6 is 31.9 Å². The van der Waals surface area contributed by atoms with E-state index >= 15 is 0 Å². The first-order valence-corrected chi connectivity index (χ1v) is 45.9. The van der Waals surface area contributed by atoms with Crippen molar-refractivity contribution in [2.75, 3.05) is 73.3 Å². The molecule has 16 N–H and O–H groups in total. The highest BCUT2D eigenvalue weighted by atomic mass is 79.9. The maximum atomic E-state index is 12.8. The number of primary sulfonamides is 1. The van der Waals surface area contributed by atoms with E-state index in [0.29, 0.717) is 63.7 Å². The van der Waals surface area contributed by atoms with E-state index in [9.17, 15) is 91.5 Å². The molecular weight excluding hydrogens is 2060 g/mol. The standard InChI is InChI=1S/C22H20BrN5O3.C19H18BrN5O4.C19H18N4O5S.C18H14N8O4.C18H16N6O4/c1-24-17-6-4-5-15(13-17)19-18(22(30)31)20(28(26-19)12-11-27(2)3)25-21(29)14-7-9-16(23)10-8-14;1-11-21-9-13(10-22-11)16-15(19(27)28)17(25(24-16)7-8-29-2)23-18(26)12-3-5-14(20)6-4-12;1-11-6-8-12(9-7-11)16-15(19(25)26)17(23(2)22-16)21-18(24)13-4-3-5-14(10-13)29(20,27)28;1-26-15(24-16(27)9-2-4-21-11(6-9)8-19)13(17(28)29)14(25-26)12-7-10(3-5-22-12)23-18(20)30;1-19-17(26)12-9-11(5-8-21-12)16(25)22-15-13(18(27)28)14(23-24(15)2)10-3-6-20-7-4-10/h4-10,13H,11-12H2,2-3H3,(H,25,29)(H,30,31);3-6,9-10H,7-8H2,1-2H3,(H,23,26)(H,27,28);3-10H,1-2H3,(H,21,24)(H,25,26)(H2,20,27,28);2-7H,1H3,(H,24,27)(H,28,29)(H3,20,22,23,30);3-9H,1-2H3,(H,19,26)(H,22,25)(H,27,28). The number of sulfonamides is 1. The van der Waals surface area contributed by atoms with Gasteiger partial charge in [-0.2, -0.15) is 30.8 Å². The number of carboxylic acid groups (broad SMARTS) is 5. The van der Waals surface area contributed by atoms with Crippen LogP contribution in [0.3, 0.4) is 0 Å². The van der Waals surface area contributed by atoms with E-state index in [-0.39, 0.29) is 137 Å². The summed E-state index contributed by atoms with van der Waals surface area (Å²) in [6, 6.07) is 44.8. The SMILES string of the molecule is CNC(=O)c1cc(C(=O)Nc2c(C(=O)O)c(-c3ccncc3)nn2C)ccn1.COCCn1nc(-c2cnc(C)nc2)c(C(=O)O)c1NC(=O)c1ccc(Br)cc1.Cc1ccc(-c2nn(C)c(NC(=O)c3cccc(S(N)(=O)=O)c3)c2C(=O)O)cc1.Cn1nc(-c2cc(NC(N)=O)ccn2)c(C(=O)O)c1NC(=O)c1ccnc(C#N)c1.[C-]#[N+]c1cccc(-c2nn(CCN(C)C)c(NC(=O)c3ccc(Br)cc3)c2C(=O)O)c1. The van der Waals surface area contributed by atoms with E-state index in [1.807, 2.05) is 44.1 Å². The van der Waals surface area contributed by atoms with E-state index in [4.69, 9.17) is 27.4 Å². The number of aromatic carboxylic acids is 5. The molecule has 0 unspecified atom stereocenters. The van der Waals surface area contributed by atoms with E-state index in [0.717, 1.165) is 20.6 Å². The number of benzene rings is 5. The Morgan fingerprint density at radius 3 is 1.38 bits per heavy atom. The number of nitrogens with zero attached hydrogens (tertiary/aromatic N) is 19. The first-order chi connectivity index (χ1) is 70.0. The molecule has 10 aromatic heterocycles. The van der Waals surface area contributed by atoms with Crippen LogP contribution in [0.5, 0.6) is 0 Å². The number of carboxylic acids is 5. The second-order valence-electron chi connectivity index (χ2n) is 31.1. The van der Waals surface area contributed by atoms with Crippen LogP contribution in [0.1, 0.15) is 131 Å². The van der Waals surface area contributed by atoms with Gasteiger partial charge in [-0.15, -0.1) is 0 Å². The Balaban J connectivity index is 0.000000175. The Bertz CT molecular complexity index is 7790. The minimum absolute atomic E-state index is 0.00551. The fraction of sp³-hybridized carbons (Fsp3) is 0.135. The second kappa shape index (κ2) is 49.0. The number of methoxy groups -OCH3 is 1. The highest BCUT2D eigenvalue weighted by Crippen LogP contribution is 2.37. The van der Waals surface area contributed by atoms with Crippen LogP contribution in [0.15, 0.2) is 227 Å². The average molecular weight is 2140 g/mol. The number of aromatic nitrogens is 16. The molecule has 15 rings (SSSR count). The number of pyridine rings is 4. The van der Waals surface area contributed by atoms with Gasteiger partial charge in [-0.3, -0.25) is 57.8 Å². The molecule has 147 heavy (non-hydrogen) atoms. The third kappa shape index (κ3) is 27.6. The zero-order valence-electron chi connectivity index (χ0n) is 78.7. The van der Waals surface area contributed by atoms with Crippen LogP contribution in [0.25, 0.3) is 61.3 Å². The Labute approximate surface area is 850 Å². The molecule has 0 radical (unpaired) electrons. The van der Waals surface area contributed by atoms with Crippen molar-refractivity contribution in [3.05, 3.63) is 312 Å². The maximum absolute atomic E-state index is 12.8. The van der Waals surface area contributed by atoms with Gasteiger partial charge in [-0.05, 0) is 155 Å². The van der Waals surface area contributed by atoms with Gasteiger partial charge in [0.05, 0.1) is 36.9 Å². The predicted molar refractivity (Wildman–Crippen MR) is 539 cm³/mol. The number of nitrogens with two attached hydrogens (primary N) is 2. The Morgan fingerprint density at radius 1 is 0.469 bits per heavy atom. The molecule has 0 aliphatic rings. The first kappa shape index (κ1) is 108. The summed E-state index contributed by atoms with van der Waals surface area (Å²) in [6.45, 7) is 12.3. The zero-order valence-corrected chi connectivity index (χ0v) is 82.7. The molecule has 0 saturated heterocycles. The molecule has 51 heteroatoms. The summed E-state index contributed by atoms with van der Waals surface area (Å²) in [5, 5.41) is 102. The third-order valence-corrected chi connectivity index (χ3v) is 22.6. The number of primary amides is 1. The highest BCUT2D eigenvalue weighted by Gasteiger charge is 2.33. The third-order valence-electron chi connectivity index (χ3n) is 20.6. The molecule has 0 saturated carbocycles. The number of carbonyl (C=O) groups is 12. The van der Waals surface area contributed by atoms with Crippen LogP contribution in [0, 0.1) is 31.8 Å². The topological polar surface area (TPSA) is 683 Å². The van der Waals surface area contributed by atoms with Crippen molar-refractivity contribution in [3.8, 4) is 62.5 Å². The van der Waals surface area contributed by atoms with Crippen molar-refractivity contribution in [3.63, 3.8) is 0 Å². The summed E-state index contributed by atoms with van der Waals surface area (Å²) in [7, 11) is 7.24. The lowest BCUT2D eigenvalue weighted by Crippen LogP contribution is -2.22. The number of carbonyl (C=O) groups excluding carboxylic acids is 7. The lowest BCUT2D eigenvalue weighted by atomic mass is 10.1. The maximum Gasteiger partial charge on any atom is 0.341 e. The van der Waals surface area contributed by atoms with Gasteiger partial charge in [0.2, 0.25) is 10.0 Å². The van der Waals surface area contributed by atoms with Crippen molar-refractivity contribution in [1.29, 1.82) is 5.26 Å². The first-order valence-electron chi connectivity index (χ1n) is 42.7. The number of aryl methyl sites for hydroxylation is 5. The van der Waals surface area contributed by atoms with Crippen molar-refractivity contribution in [1.82, 2.24) is 89.0 Å². The summed E-state index contributed by atoms with van der Waals surface area (Å²) in [6.07, 6.45) is 10.00. The summed E-state index contributed by atoms with van der Waals surface area (Å²) in [5.74, 6) is -8.96. The summed E-state index contributed by atoms with van der Waals surface area (Å²) in [4.78, 5) is 175. The number of urea groups is 1. The molecule has 15 aromatic rings. The Hall–Kier alpha value is -19.0. The molecule has 0 fully saturated rings. The van der Waals surface area contributed by atoms with Crippen molar-refractivity contribution < 1.29 is 96.2 Å². The van der Waals surface area contributed by atoms with E-state index in [1.54, 1.807) is 104 Å². The predicted octanol–water partition coefficient (Wildman–Crippen LogP) is 11.8. The molecule has 5 aromatic carbocycles. The fourth-order valence-corrected chi connectivity index (χ4v) is 14.7. The fourth-order valence-electron chi connectivity index (χ4n) is 13.6. The zero-order chi connectivity index (χ0) is 107. The van der Waals surface area contributed by atoms with Crippen molar-refractivity contribution in [2.24, 2.45) is 32.0 Å². The quantitative estimate of drug-likeness (QED) is 0.0194. The number of likely N-dealkylation sites (N-methyl/N-ethyl adjacent to an activating group) is 1. The van der Waals surface area contributed by atoms with Gasteiger partial charge in [0, 0.05) is 144 Å². The van der Waals surface area contributed by atoms with Crippen molar-refractivity contribution >= 4 is 154 Å². The van der Waals surface area contributed by atoms with Crippen LogP contribution < -0.4 is 48.1 Å². The molecule has 0 spiro atoms. The number of nitriles is 1. The van der Waals surface area contributed by atoms with Gasteiger partial charge >= 0.3 is 35.9 Å². The average Bonchev–Trinajstić information content (AvgIpc) is 1.48. The Morgan fingerprint density at radius 2 is 0.905 bits per heavy atom. The molecule has 0 aliphatic heterocycles. The minimum Gasteiger partial charge on any atom is -0.477 e. The molecule has 0 bridgehead atoms. The molecule has 750 valence electrons. The van der Waals surface area contributed by atoms with Gasteiger partial charge in [0.1, 0.15) is 109 Å². The van der Waals surface area contributed by atoms with Gasteiger partial charge in [0.15, 0.2) is 5.69 Å². The molecule has 8 amide bonds. The van der Waals surface area contributed by atoms with E-state index in [1.165, 1.54) is 157 Å². The number of nitrogens with one attached hydrogen (secondary N) is 7. The summed E-state index contributed by atoms with van der Waals surface area (Å²) >= 11 is 6.65. The smallest absolute Gasteiger partial charge is 0.341 e. The number of hydrogen-bond donors (Lipinski definition) is 14. The van der Waals surface area contributed by atoms with Crippen molar-refractivity contribution in [2.45, 2.75) is 31.8 Å². The molecule has 0 aliphatic carbocycles. The monoisotopic (exact) mass is 2140 g/mol. The molecule has 10 heterocycles. The van der Waals surface area contributed by atoms with E-state index < -0.39 is 81.3 Å². The van der Waals surface area contributed by atoms with Gasteiger partial charge < -0.3 is 78.1 Å². The molecule has 0 atom stereocenters. The van der Waals surface area contributed by atoms with Crippen LogP contribution in [-0.2, 0) is 49.0 Å². The normalized spacial score (nSPS) is 10.6.